The Labute approximate surface area is 260 Å². The van der Waals surface area contributed by atoms with Gasteiger partial charge in [-0.15, -0.1) is 11.8 Å². The molecule has 2 aliphatic heterocycles. The van der Waals surface area contributed by atoms with Gasteiger partial charge < -0.3 is 15.1 Å². The third kappa shape index (κ3) is 7.23. The maximum Gasteiger partial charge on any atom is 0.256 e. The molecule has 0 saturated carbocycles. The zero-order chi connectivity index (χ0) is 29.6. The molecule has 42 heavy (non-hydrogen) atoms. The van der Waals surface area contributed by atoms with E-state index in [1.165, 1.54) is 12.1 Å². The van der Waals surface area contributed by atoms with Gasteiger partial charge in [0.1, 0.15) is 11.9 Å². The highest BCUT2D eigenvalue weighted by Gasteiger charge is 2.44. The van der Waals surface area contributed by atoms with Crippen LogP contribution in [0.5, 0.6) is 0 Å². The molecule has 0 radical (unpaired) electrons. The molecule has 3 aromatic carbocycles. The van der Waals surface area contributed by atoms with Gasteiger partial charge in [-0.2, -0.15) is 0 Å². The van der Waals surface area contributed by atoms with Crippen molar-refractivity contribution in [3.05, 3.63) is 83.6 Å². The van der Waals surface area contributed by atoms with Gasteiger partial charge in [0.05, 0.1) is 12.1 Å². The van der Waals surface area contributed by atoms with Crippen LogP contribution in [0.1, 0.15) is 12.8 Å². The van der Waals surface area contributed by atoms with Crippen molar-refractivity contribution in [2.75, 3.05) is 60.6 Å². The van der Waals surface area contributed by atoms with E-state index in [0.717, 1.165) is 49.7 Å². The highest BCUT2D eigenvalue weighted by molar-refractivity contribution is 7.98. The number of halogens is 2. The first kappa shape index (κ1) is 30.3. The Hall–Kier alpha value is -3.18. The molecular formula is C31H33ClFN5O2S2. The Morgan fingerprint density at radius 2 is 1.71 bits per heavy atom. The van der Waals surface area contributed by atoms with Crippen LogP contribution in [0.2, 0.25) is 5.02 Å². The average Bonchev–Trinajstić information content (AvgIpc) is 3.23. The summed E-state index contributed by atoms with van der Waals surface area (Å²) in [4.78, 5) is 36.0. The Bertz CT molecular complexity index is 1420. The lowest BCUT2D eigenvalue weighted by atomic mass is 10.1. The molecule has 220 valence electrons. The van der Waals surface area contributed by atoms with E-state index in [2.05, 4.69) is 15.1 Å². The van der Waals surface area contributed by atoms with Crippen LogP contribution < -0.4 is 15.1 Å². The molecule has 2 amide bonds. The highest BCUT2D eigenvalue weighted by Crippen LogP contribution is 2.30. The van der Waals surface area contributed by atoms with E-state index in [1.807, 2.05) is 47.6 Å². The van der Waals surface area contributed by atoms with Gasteiger partial charge in [0, 0.05) is 54.0 Å². The van der Waals surface area contributed by atoms with Gasteiger partial charge in [-0.1, -0.05) is 17.7 Å². The van der Waals surface area contributed by atoms with E-state index in [-0.39, 0.29) is 24.1 Å². The normalized spacial score (nSPS) is 17.7. The number of thioether (sulfide) groups is 1. The lowest BCUT2D eigenvalue weighted by Gasteiger charge is -2.36. The molecule has 1 N–H and O–H groups in total. The SMILES string of the molecule is CSc1cccc(N2C(=O)C(CC(=O)Nc3ccc(Cl)cc3)N(CCCN3CCN(c4ccc(F)cc4)CC3)C2=S)c1. The molecule has 7 nitrogen and oxygen atoms in total. The van der Waals surface area contributed by atoms with Crippen LogP contribution in [-0.2, 0) is 9.59 Å². The molecule has 11 heteroatoms. The van der Waals surface area contributed by atoms with Gasteiger partial charge in [-0.25, -0.2) is 4.39 Å². The van der Waals surface area contributed by atoms with Crippen LogP contribution in [0, 0.1) is 5.82 Å². The van der Waals surface area contributed by atoms with E-state index >= 15 is 0 Å². The minimum atomic E-state index is -0.696. The molecule has 2 saturated heterocycles. The van der Waals surface area contributed by atoms with E-state index in [9.17, 15) is 14.0 Å². The predicted molar refractivity (Wildman–Crippen MR) is 173 cm³/mol. The molecule has 2 fully saturated rings. The summed E-state index contributed by atoms with van der Waals surface area (Å²) in [6.45, 7) is 4.90. The number of hydrogen-bond donors (Lipinski definition) is 1. The first-order valence-corrected chi connectivity index (χ1v) is 15.9. The van der Waals surface area contributed by atoms with Crippen LogP contribution in [0.4, 0.5) is 21.5 Å². The van der Waals surface area contributed by atoms with Gasteiger partial charge in [-0.3, -0.25) is 19.4 Å². The Kier molecular flexibility index (Phi) is 9.99. The fraction of sp³-hybridized carbons (Fsp3) is 0.323. The number of benzene rings is 3. The zero-order valence-corrected chi connectivity index (χ0v) is 25.7. The third-order valence-corrected chi connectivity index (χ3v) is 8.97. The van der Waals surface area contributed by atoms with Crippen molar-refractivity contribution in [3.8, 4) is 0 Å². The fourth-order valence-corrected chi connectivity index (χ4v) is 6.33. The van der Waals surface area contributed by atoms with Gasteiger partial charge >= 0.3 is 0 Å². The number of nitrogens with one attached hydrogen (secondary N) is 1. The Morgan fingerprint density at radius 1 is 1.00 bits per heavy atom. The maximum atomic E-state index is 13.8. The summed E-state index contributed by atoms with van der Waals surface area (Å²) in [5.74, 6) is -0.690. The van der Waals surface area contributed by atoms with Crippen LogP contribution in [-0.4, -0.2) is 78.3 Å². The van der Waals surface area contributed by atoms with Crippen LogP contribution in [0.15, 0.2) is 77.7 Å². The quantitative estimate of drug-likeness (QED) is 0.228. The van der Waals surface area contributed by atoms with Crippen LogP contribution in [0.3, 0.4) is 0 Å². The number of carbonyl (C=O) groups is 2. The number of rotatable bonds is 10. The number of piperazine rings is 1. The second-order valence-electron chi connectivity index (χ2n) is 10.3. The topological polar surface area (TPSA) is 59.1 Å². The molecule has 5 rings (SSSR count). The molecule has 0 aliphatic carbocycles. The summed E-state index contributed by atoms with van der Waals surface area (Å²) in [7, 11) is 0. The molecule has 0 spiro atoms. The van der Waals surface area contributed by atoms with E-state index in [1.54, 1.807) is 40.9 Å². The van der Waals surface area contributed by atoms with Crippen LogP contribution in [0.25, 0.3) is 0 Å². The Morgan fingerprint density at radius 3 is 2.40 bits per heavy atom. The molecule has 0 bridgehead atoms. The van der Waals surface area contributed by atoms with Crippen molar-refractivity contribution in [3.63, 3.8) is 0 Å². The minimum absolute atomic E-state index is 0.0172. The number of hydrogen-bond acceptors (Lipinski definition) is 6. The maximum absolute atomic E-state index is 13.8. The number of thiocarbonyl (C=S) groups is 1. The fourth-order valence-electron chi connectivity index (χ4n) is 5.34. The first-order chi connectivity index (χ1) is 20.3. The number of nitrogens with zero attached hydrogens (tertiary/aromatic N) is 4. The summed E-state index contributed by atoms with van der Waals surface area (Å²) < 4.78 is 13.3. The zero-order valence-electron chi connectivity index (χ0n) is 23.3. The van der Waals surface area contributed by atoms with Crippen molar-refractivity contribution in [1.82, 2.24) is 9.80 Å². The van der Waals surface area contributed by atoms with E-state index in [0.29, 0.717) is 28.1 Å². The summed E-state index contributed by atoms with van der Waals surface area (Å²) >= 11 is 13.4. The number of anilines is 3. The van der Waals surface area contributed by atoms with Gasteiger partial charge in [-0.05, 0) is 98.2 Å². The molecule has 1 unspecified atom stereocenters. The van der Waals surface area contributed by atoms with E-state index in [4.69, 9.17) is 23.8 Å². The monoisotopic (exact) mass is 625 g/mol. The summed E-state index contributed by atoms with van der Waals surface area (Å²) in [5, 5.41) is 3.88. The largest absolute Gasteiger partial charge is 0.369 e. The summed E-state index contributed by atoms with van der Waals surface area (Å²) in [6.07, 6.45) is 2.76. The van der Waals surface area contributed by atoms with Crippen molar-refractivity contribution >= 4 is 69.6 Å². The van der Waals surface area contributed by atoms with Gasteiger partial charge in [0.2, 0.25) is 5.91 Å². The smallest absolute Gasteiger partial charge is 0.256 e. The summed E-state index contributed by atoms with van der Waals surface area (Å²) in [5.41, 5.74) is 2.36. The summed E-state index contributed by atoms with van der Waals surface area (Å²) in [6, 6.07) is 20.5. The highest BCUT2D eigenvalue weighted by atomic mass is 35.5. The van der Waals surface area contributed by atoms with Crippen molar-refractivity contribution in [2.45, 2.75) is 23.8 Å². The first-order valence-electron chi connectivity index (χ1n) is 13.9. The van der Waals surface area contributed by atoms with Crippen molar-refractivity contribution < 1.29 is 14.0 Å². The van der Waals surface area contributed by atoms with Crippen LogP contribution >= 0.6 is 35.6 Å². The minimum Gasteiger partial charge on any atom is -0.369 e. The van der Waals surface area contributed by atoms with Crippen molar-refractivity contribution in [1.29, 1.82) is 0 Å². The lowest BCUT2D eigenvalue weighted by molar-refractivity contribution is -0.124. The van der Waals surface area contributed by atoms with Crippen molar-refractivity contribution in [2.24, 2.45) is 0 Å². The lowest BCUT2D eigenvalue weighted by Crippen LogP contribution is -2.47. The van der Waals surface area contributed by atoms with E-state index < -0.39 is 6.04 Å². The molecule has 0 aromatic heterocycles. The predicted octanol–water partition coefficient (Wildman–Crippen LogP) is 5.74. The molecular weight excluding hydrogens is 593 g/mol. The average molecular weight is 626 g/mol. The second-order valence-corrected chi connectivity index (χ2v) is 12.0. The number of amides is 2. The molecule has 2 aliphatic rings. The molecule has 3 aromatic rings. The molecule has 2 heterocycles. The standard InChI is InChI=1S/C31H33ClFN5O2S2/c1-42-27-5-2-4-26(20-27)38-30(40)28(21-29(39)34-24-10-6-22(32)7-11-24)37(31(38)41)15-3-14-35-16-18-36(19-17-35)25-12-8-23(33)9-13-25/h2,4-13,20,28H,3,14-19,21H2,1H3,(H,34,39). The van der Waals surface area contributed by atoms with Gasteiger partial charge in [0.15, 0.2) is 5.11 Å². The van der Waals surface area contributed by atoms with Gasteiger partial charge in [0.25, 0.3) is 5.91 Å². The number of carbonyl (C=O) groups excluding carboxylic acids is 2. The third-order valence-electron chi connectivity index (χ3n) is 7.57. The Balaban J connectivity index is 1.23. The molecule has 1 atom stereocenters. The second kappa shape index (κ2) is 13.9.